The maximum absolute atomic E-state index is 14.8. The second-order valence-electron chi connectivity index (χ2n) is 8.35. The van der Waals surface area contributed by atoms with E-state index in [0.717, 1.165) is 0 Å². The summed E-state index contributed by atoms with van der Waals surface area (Å²) >= 11 is 0. The number of halogens is 1. The van der Waals surface area contributed by atoms with Gasteiger partial charge in [0.15, 0.2) is 11.6 Å². The summed E-state index contributed by atoms with van der Waals surface area (Å²) in [5, 5.41) is 12.3. The molecule has 0 N–H and O–H groups in total. The van der Waals surface area contributed by atoms with E-state index in [0.29, 0.717) is 43.3 Å². The highest BCUT2D eigenvalue weighted by atomic mass is 19.1. The first kappa shape index (κ1) is 20.2. The molecule has 0 unspecified atom stereocenters. The zero-order chi connectivity index (χ0) is 21.3. The van der Waals surface area contributed by atoms with Crippen molar-refractivity contribution >= 4 is 5.91 Å². The Morgan fingerprint density at radius 2 is 1.83 bits per heavy atom. The van der Waals surface area contributed by atoms with Gasteiger partial charge in [-0.3, -0.25) is 9.69 Å². The summed E-state index contributed by atoms with van der Waals surface area (Å²) < 4.78 is 21.8. The quantitative estimate of drug-likeness (QED) is 0.656. The minimum absolute atomic E-state index is 0.137. The smallest absolute Gasteiger partial charge is 0.289 e. The van der Waals surface area contributed by atoms with Gasteiger partial charge in [-0.25, -0.2) is 9.07 Å². The van der Waals surface area contributed by atoms with E-state index in [2.05, 4.69) is 20.4 Å². The van der Waals surface area contributed by atoms with Crippen molar-refractivity contribution in [2.75, 3.05) is 26.2 Å². The second kappa shape index (κ2) is 7.98. The van der Waals surface area contributed by atoms with Gasteiger partial charge >= 0.3 is 0 Å². The topological polar surface area (TPSA) is 80.3 Å². The van der Waals surface area contributed by atoms with Crippen LogP contribution in [0.15, 0.2) is 47.1 Å². The van der Waals surface area contributed by atoms with Gasteiger partial charge in [0.2, 0.25) is 0 Å². The molecule has 1 aliphatic heterocycles. The molecule has 0 saturated carbocycles. The number of hydrogen-bond donors (Lipinski definition) is 0. The molecule has 3 aromatic rings. The Balaban J connectivity index is 1.63. The van der Waals surface area contributed by atoms with Crippen molar-refractivity contribution in [3.8, 4) is 0 Å². The number of rotatable bonds is 4. The minimum Gasteiger partial charge on any atom is -0.459 e. The monoisotopic (exact) mass is 412 g/mol. The standard InChI is InChI=1S/C21H25FN6O2/c1-21(2,3)28-19(23-24-25-28)18(15-7-4-5-8-16(15)22)26-10-12-27(13-11-26)20(29)17-9-6-14-30-17/h4-9,14,18H,10-13H2,1-3H3/t18-/m1/s1. The molecule has 0 radical (unpaired) electrons. The number of amides is 1. The van der Waals surface area contributed by atoms with Gasteiger partial charge < -0.3 is 9.32 Å². The number of aromatic nitrogens is 4. The van der Waals surface area contributed by atoms with Gasteiger partial charge in [-0.05, 0) is 49.4 Å². The summed E-state index contributed by atoms with van der Waals surface area (Å²) in [7, 11) is 0. The Morgan fingerprint density at radius 1 is 1.10 bits per heavy atom. The van der Waals surface area contributed by atoms with Crippen LogP contribution in [0.5, 0.6) is 0 Å². The number of tetrazole rings is 1. The molecule has 158 valence electrons. The molecule has 1 aliphatic rings. The Hall–Kier alpha value is -3.07. The van der Waals surface area contributed by atoms with Gasteiger partial charge in [0.05, 0.1) is 11.8 Å². The summed E-state index contributed by atoms with van der Waals surface area (Å²) in [6, 6.07) is 9.60. The third-order valence-electron chi connectivity index (χ3n) is 5.27. The second-order valence-corrected chi connectivity index (χ2v) is 8.35. The first-order chi connectivity index (χ1) is 14.4. The lowest BCUT2D eigenvalue weighted by atomic mass is 10.0. The van der Waals surface area contributed by atoms with Crippen molar-refractivity contribution in [1.29, 1.82) is 0 Å². The molecule has 1 aromatic carbocycles. The van der Waals surface area contributed by atoms with Crippen molar-refractivity contribution in [3.05, 3.63) is 65.6 Å². The molecule has 1 fully saturated rings. The summed E-state index contributed by atoms with van der Waals surface area (Å²) in [6.07, 6.45) is 1.49. The van der Waals surface area contributed by atoms with E-state index in [4.69, 9.17) is 4.42 Å². The van der Waals surface area contributed by atoms with E-state index in [-0.39, 0.29) is 17.3 Å². The highest BCUT2D eigenvalue weighted by Gasteiger charge is 2.35. The Kier molecular flexibility index (Phi) is 5.38. The molecule has 0 spiro atoms. The summed E-state index contributed by atoms with van der Waals surface area (Å²) in [6.45, 7) is 8.13. The normalized spacial score (nSPS) is 16.6. The molecule has 1 saturated heterocycles. The Bertz CT molecular complexity index is 1000. The summed E-state index contributed by atoms with van der Waals surface area (Å²) in [5.74, 6) is 0.464. The molecule has 8 nitrogen and oxygen atoms in total. The lowest BCUT2D eigenvalue weighted by Crippen LogP contribution is -2.50. The number of piperazine rings is 1. The molecule has 1 atom stereocenters. The average molecular weight is 412 g/mol. The summed E-state index contributed by atoms with van der Waals surface area (Å²) in [5.41, 5.74) is 0.156. The van der Waals surface area contributed by atoms with E-state index in [1.165, 1.54) is 12.3 Å². The van der Waals surface area contributed by atoms with E-state index < -0.39 is 6.04 Å². The molecule has 1 amide bonds. The predicted octanol–water partition coefficient (Wildman–Crippen LogP) is 2.71. The zero-order valence-electron chi connectivity index (χ0n) is 17.3. The fourth-order valence-electron chi connectivity index (χ4n) is 3.78. The molecule has 30 heavy (non-hydrogen) atoms. The maximum atomic E-state index is 14.8. The van der Waals surface area contributed by atoms with Crippen molar-refractivity contribution < 1.29 is 13.6 Å². The van der Waals surface area contributed by atoms with Crippen LogP contribution in [-0.4, -0.2) is 62.1 Å². The van der Waals surface area contributed by atoms with Crippen LogP contribution < -0.4 is 0 Å². The van der Waals surface area contributed by atoms with Crippen LogP contribution in [-0.2, 0) is 5.54 Å². The third kappa shape index (κ3) is 3.85. The Labute approximate surface area is 174 Å². The van der Waals surface area contributed by atoms with E-state index in [1.54, 1.807) is 33.8 Å². The van der Waals surface area contributed by atoms with Gasteiger partial charge in [0.25, 0.3) is 5.91 Å². The number of hydrogen-bond acceptors (Lipinski definition) is 6. The van der Waals surface area contributed by atoms with Crippen LogP contribution in [0.25, 0.3) is 0 Å². The van der Waals surface area contributed by atoms with Crippen molar-refractivity contribution in [2.45, 2.75) is 32.4 Å². The molecule has 4 rings (SSSR count). The van der Waals surface area contributed by atoms with Gasteiger partial charge in [-0.2, -0.15) is 0 Å². The van der Waals surface area contributed by atoms with Gasteiger partial charge in [0, 0.05) is 31.7 Å². The van der Waals surface area contributed by atoms with Crippen LogP contribution in [0, 0.1) is 5.82 Å². The van der Waals surface area contributed by atoms with Crippen LogP contribution >= 0.6 is 0 Å². The first-order valence-electron chi connectivity index (χ1n) is 9.96. The molecular formula is C21H25FN6O2. The van der Waals surface area contributed by atoms with Crippen molar-refractivity contribution in [3.63, 3.8) is 0 Å². The molecular weight excluding hydrogens is 387 g/mol. The van der Waals surface area contributed by atoms with Crippen LogP contribution in [0.3, 0.4) is 0 Å². The van der Waals surface area contributed by atoms with Crippen LogP contribution in [0.1, 0.15) is 48.8 Å². The maximum Gasteiger partial charge on any atom is 0.289 e. The van der Waals surface area contributed by atoms with Crippen molar-refractivity contribution in [2.24, 2.45) is 0 Å². The van der Waals surface area contributed by atoms with E-state index in [1.807, 2.05) is 26.8 Å². The number of carbonyl (C=O) groups is 1. The molecule has 3 heterocycles. The van der Waals surface area contributed by atoms with Gasteiger partial charge in [-0.15, -0.1) is 5.10 Å². The summed E-state index contributed by atoms with van der Waals surface area (Å²) in [4.78, 5) is 16.5. The lowest BCUT2D eigenvalue weighted by molar-refractivity contribution is 0.0553. The number of carbonyl (C=O) groups excluding carboxylic acids is 1. The highest BCUT2D eigenvalue weighted by molar-refractivity contribution is 5.91. The number of nitrogens with zero attached hydrogens (tertiary/aromatic N) is 6. The van der Waals surface area contributed by atoms with E-state index in [9.17, 15) is 9.18 Å². The van der Waals surface area contributed by atoms with E-state index >= 15 is 0 Å². The molecule has 0 bridgehead atoms. The first-order valence-corrected chi connectivity index (χ1v) is 9.96. The predicted molar refractivity (Wildman–Crippen MR) is 107 cm³/mol. The SMILES string of the molecule is CC(C)(C)n1nnnc1[C@@H](c1ccccc1F)N1CCN(C(=O)c2ccco2)CC1. The van der Waals surface area contributed by atoms with Crippen molar-refractivity contribution in [1.82, 2.24) is 30.0 Å². The zero-order valence-corrected chi connectivity index (χ0v) is 17.3. The number of benzene rings is 1. The average Bonchev–Trinajstić information content (AvgIpc) is 3.42. The number of furan rings is 1. The largest absolute Gasteiger partial charge is 0.459 e. The fraction of sp³-hybridized carbons (Fsp3) is 0.429. The van der Waals surface area contributed by atoms with Gasteiger partial charge in [-0.1, -0.05) is 18.2 Å². The molecule has 9 heteroatoms. The molecule has 0 aliphatic carbocycles. The minimum atomic E-state index is -0.457. The molecule has 2 aromatic heterocycles. The fourth-order valence-corrected chi connectivity index (χ4v) is 3.78. The Morgan fingerprint density at radius 3 is 2.47 bits per heavy atom. The lowest BCUT2D eigenvalue weighted by Gasteiger charge is -2.39. The van der Waals surface area contributed by atoms with Gasteiger partial charge in [0.1, 0.15) is 11.9 Å². The third-order valence-corrected chi connectivity index (χ3v) is 5.27. The van der Waals surface area contributed by atoms with Crippen LogP contribution in [0.4, 0.5) is 4.39 Å². The van der Waals surface area contributed by atoms with Crippen LogP contribution in [0.2, 0.25) is 0 Å². The highest BCUT2D eigenvalue weighted by Crippen LogP contribution is 2.32.